The number of hydrogen-bond acceptors (Lipinski definition) is 7. The van der Waals surface area contributed by atoms with E-state index >= 15 is 0 Å². The number of rotatable bonds is 74. The molecule has 0 aromatic heterocycles. The smallest absolute Gasteiger partial charge is 0.462 e. The zero-order chi connectivity index (χ0) is 68.3. The van der Waals surface area contributed by atoms with Crippen molar-refractivity contribution in [3.8, 4) is 0 Å². The number of quaternary nitrogens is 1. The molecule has 0 radical (unpaired) electrons. The minimum Gasteiger partial charge on any atom is -0.462 e. The van der Waals surface area contributed by atoms with E-state index in [9.17, 15) is 19.0 Å². The fourth-order valence-electron chi connectivity index (χ4n) is 11.5. The molecule has 2 atom stereocenters. The Labute approximate surface area is 583 Å². The van der Waals surface area contributed by atoms with Crippen LogP contribution in [0.5, 0.6) is 0 Å². The Bertz CT molecular complexity index is 1910. The lowest BCUT2D eigenvalue weighted by Gasteiger charge is -2.24. The highest BCUT2D eigenvalue weighted by Crippen LogP contribution is 2.43. The van der Waals surface area contributed by atoms with E-state index < -0.39 is 26.5 Å². The van der Waals surface area contributed by atoms with Gasteiger partial charge < -0.3 is 18.9 Å². The largest absolute Gasteiger partial charge is 0.472 e. The van der Waals surface area contributed by atoms with Gasteiger partial charge in [-0.3, -0.25) is 18.6 Å². The molecular weight excluding hydrogens is 1180 g/mol. The molecule has 0 bridgehead atoms. The molecule has 94 heavy (non-hydrogen) atoms. The van der Waals surface area contributed by atoms with Crippen LogP contribution in [0.2, 0.25) is 0 Å². The lowest BCUT2D eigenvalue weighted by molar-refractivity contribution is -0.870. The lowest BCUT2D eigenvalue weighted by atomic mass is 10.0. The molecule has 0 aliphatic rings. The number of ether oxygens (including phenoxy) is 2. The summed E-state index contributed by atoms with van der Waals surface area (Å²) in [6.45, 7) is 4.36. The molecule has 0 aliphatic carbocycles. The molecular formula is C84H153NO8P+. The summed E-state index contributed by atoms with van der Waals surface area (Å²) >= 11 is 0. The van der Waals surface area contributed by atoms with Crippen LogP contribution < -0.4 is 0 Å². The van der Waals surface area contributed by atoms with Crippen LogP contribution in [0.1, 0.15) is 373 Å². The average Bonchev–Trinajstić information content (AvgIpc) is 1.56. The van der Waals surface area contributed by atoms with Gasteiger partial charge in [0.05, 0.1) is 27.7 Å². The van der Waals surface area contributed by atoms with Crippen molar-refractivity contribution in [3.05, 3.63) is 97.2 Å². The second-order valence-corrected chi connectivity index (χ2v) is 29.5. The summed E-state index contributed by atoms with van der Waals surface area (Å²) in [4.78, 5) is 36.0. The van der Waals surface area contributed by atoms with Gasteiger partial charge in [0.2, 0.25) is 0 Å². The third kappa shape index (κ3) is 77.9. The van der Waals surface area contributed by atoms with Crippen molar-refractivity contribution in [2.24, 2.45) is 0 Å². The van der Waals surface area contributed by atoms with E-state index in [0.29, 0.717) is 23.9 Å². The molecule has 0 amide bonds. The molecule has 0 spiro atoms. The zero-order valence-electron chi connectivity index (χ0n) is 62.4. The Morgan fingerprint density at radius 3 is 0.904 bits per heavy atom. The standard InChI is InChI=1S/C84H152NO8P/c1-6-8-10-12-14-16-18-20-22-24-26-28-30-32-34-36-38-40-41-42-43-45-46-48-50-52-54-56-58-60-62-64-66-68-70-72-74-76-83(86)90-80-82(81-92-94(88,89)91-79-78-85(3,4)5)93-84(87)77-75-73-71-69-67-65-63-61-59-57-55-53-51-49-47-44-39-37-35-33-31-29-27-25-23-21-19-17-15-13-11-9-7-2/h9,11,15,17-18,20-21,23-24,26-27,29,33,35,39,44,82H,6-8,10,12-14,16,19,22,25,28,30-32,34,36-38,40-43,45-81H2,1-5H3/p+1/b11-9-,17-15-,20-18-,23-21-,26-24-,29-27-,35-33-,44-39-. The second kappa shape index (κ2) is 74.2. The minimum absolute atomic E-state index is 0.0307. The number of carbonyl (C=O) groups is 2. The molecule has 9 nitrogen and oxygen atoms in total. The van der Waals surface area contributed by atoms with E-state index in [-0.39, 0.29) is 25.6 Å². The van der Waals surface area contributed by atoms with E-state index in [2.05, 4.69) is 111 Å². The molecule has 10 heteroatoms. The van der Waals surface area contributed by atoms with Gasteiger partial charge in [-0.25, -0.2) is 4.57 Å². The number of nitrogens with zero attached hydrogens (tertiary/aromatic N) is 1. The summed E-state index contributed by atoms with van der Waals surface area (Å²) in [6.07, 6.45) is 104. The highest BCUT2D eigenvalue weighted by molar-refractivity contribution is 7.47. The number of hydrogen-bond donors (Lipinski definition) is 1. The third-order valence-electron chi connectivity index (χ3n) is 17.6. The van der Waals surface area contributed by atoms with Crippen molar-refractivity contribution in [2.75, 3.05) is 47.5 Å². The van der Waals surface area contributed by atoms with E-state index in [4.69, 9.17) is 18.5 Å². The first kappa shape index (κ1) is 90.9. The van der Waals surface area contributed by atoms with Crippen LogP contribution in [0.15, 0.2) is 97.2 Å². The van der Waals surface area contributed by atoms with Gasteiger partial charge in [0.15, 0.2) is 6.10 Å². The highest BCUT2D eigenvalue weighted by atomic mass is 31.2. The van der Waals surface area contributed by atoms with Gasteiger partial charge in [0, 0.05) is 12.8 Å². The monoisotopic (exact) mass is 1340 g/mol. The molecule has 0 aromatic carbocycles. The van der Waals surface area contributed by atoms with Crippen LogP contribution in [-0.2, 0) is 32.7 Å². The number of phosphoric acid groups is 1. The van der Waals surface area contributed by atoms with Crippen LogP contribution in [0.25, 0.3) is 0 Å². The van der Waals surface area contributed by atoms with Gasteiger partial charge >= 0.3 is 19.8 Å². The van der Waals surface area contributed by atoms with E-state index in [1.54, 1.807) is 0 Å². The van der Waals surface area contributed by atoms with E-state index in [1.807, 2.05) is 21.1 Å². The van der Waals surface area contributed by atoms with Crippen LogP contribution >= 0.6 is 7.82 Å². The summed E-state index contributed by atoms with van der Waals surface area (Å²) in [6, 6.07) is 0. The Balaban J connectivity index is 3.94. The molecule has 0 saturated carbocycles. The summed E-state index contributed by atoms with van der Waals surface area (Å²) in [5.41, 5.74) is 0. The SMILES string of the molecule is CC/C=C\C/C=C\C/C=C\C/C=C\C/C=C\C/C=C\CCCCCCCCCCCCCCCCC(=O)OC(COC(=O)CCCCCCCCCCCCCCCCCCCCCCCCCCC/C=C\C/C=C\CCCCCCC)COP(=O)(O)OCC[N+](C)(C)C. The van der Waals surface area contributed by atoms with Crippen molar-refractivity contribution in [1.82, 2.24) is 0 Å². The van der Waals surface area contributed by atoms with Gasteiger partial charge in [-0.2, -0.15) is 0 Å². The maximum Gasteiger partial charge on any atom is 0.472 e. The van der Waals surface area contributed by atoms with Crippen LogP contribution in [0.4, 0.5) is 0 Å². The second-order valence-electron chi connectivity index (χ2n) is 28.1. The van der Waals surface area contributed by atoms with Crippen molar-refractivity contribution >= 4 is 19.8 Å². The minimum atomic E-state index is -4.40. The third-order valence-corrected chi connectivity index (χ3v) is 18.6. The highest BCUT2D eigenvalue weighted by Gasteiger charge is 2.27. The number of likely N-dealkylation sites (N-methyl/N-ethyl adjacent to an activating group) is 1. The number of carbonyl (C=O) groups excluding carboxylic acids is 2. The molecule has 0 aliphatic heterocycles. The average molecular weight is 1340 g/mol. The molecule has 0 saturated heterocycles. The van der Waals surface area contributed by atoms with Gasteiger partial charge in [-0.15, -0.1) is 0 Å². The van der Waals surface area contributed by atoms with E-state index in [1.165, 1.54) is 257 Å². The summed E-state index contributed by atoms with van der Waals surface area (Å²) in [5, 5.41) is 0. The van der Waals surface area contributed by atoms with Crippen molar-refractivity contribution in [3.63, 3.8) is 0 Å². The van der Waals surface area contributed by atoms with Gasteiger partial charge in [-0.05, 0) is 96.3 Å². The summed E-state index contributed by atoms with van der Waals surface area (Å²) in [5.74, 6) is -0.783. The Morgan fingerprint density at radius 1 is 0.340 bits per heavy atom. The first-order valence-corrected chi connectivity index (χ1v) is 41.5. The molecule has 546 valence electrons. The molecule has 2 unspecified atom stereocenters. The maximum atomic E-state index is 12.9. The molecule has 0 aromatic rings. The lowest BCUT2D eigenvalue weighted by Crippen LogP contribution is -2.37. The molecule has 0 heterocycles. The first-order chi connectivity index (χ1) is 46.0. The normalized spacial score (nSPS) is 13.6. The predicted octanol–water partition coefficient (Wildman–Crippen LogP) is 26.6. The molecule has 0 rings (SSSR count). The number of allylic oxidation sites excluding steroid dienone is 16. The Hall–Kier alpha value is -3.07. The first-order valence-electron chi connectivity index (χ1n) is 40.0. The van der Waals surface area contributed by atoms with Crippen LogP contribution in [0, 0.1) is 0 Å². The van der Waals surface area contributed by atoms with Gasteiger partial charge in [0.25, 0.3) is 0 Å². The predicted molar refractivity (Wildman–Crippen MR) is 408 cm³/mol. The van der Waals surface area contributed by atoms with Crippen molar-refractivity contribution in [2.45, 2.75) is 380 Å². The van der Waals surface area contributed by atoms with Gasteiger partial charge in [0.1, 0.15) is 19.8 Å². The zero-order valence-corrected chi connectivity index (χ0v) is 63.3. The Morgan fingerprint density at radius 2 is 0.606 bits per heavy atom. The molecule has 0 fully saturated rings. The number of unbranched alkanes of at least 4 members (excludes halogenated alkanes) is 44. The van der Waals surface area contributed by atoms with Crippen molar-refractivity contribution < 1.29 is 42.1 Å². The fraction of sp³-hybridized carbons (Fsp3) is 0.786. The summed E-state index contributed by atoms with van der Waals surface area (Å²) in [7, 11) is 1.49. The van der Waals surface area contributed by atoms with Gasteiger partial charge in [-0.1, -0.05) is 361 Å². The van der Waals surface area contributed by atoms with Crippen LogP contribution in [-0.4, -0.2) is 74.9 Å². The number of esters is 2. The Kier molecular flexibility index (Phi) is 71.7. The van der Waals surface area contributed by atoms with Crippen molar-refractivity contribution in [1.29, 1.82) is 0 Å². The van der Waals surface area contributed by atoms with E-state index in [0.717, 1.165) is 83.5 Å². The maximum absolute atomic E-state index is 12.9. The quantitative estimate of drug-likeness (QED) is 0.0211. The topological polar surface area (TPSA) is 108 Å². The van der Waals surface area contributed by atoms with Crippen LogP contribution in [0.3, 0.4) is 0 Å². The summed E-state index contributed by atoms with van der Waals surface area (Å²) < 4.78 is 34.8. The molecule has 1 N–H and O–H groups in total. The number of phosphoric ester groups is 1. The fourth-order valence-corrected chi connectivity index (χ4v) is 12.3.